The molecule has 29 heavy (non-hydrogen) atoms. The van der Waals surface area contributed by atoms with Crippen molar-refractivity contribution in [1.29, 1.82) is 0 Å². The molecule has 0 saturated heterocycles. The Kier molecular flexibility index (Phi) is 5.32. The molecule has 2 aromatic rings. The zero-order chi connectivity index (χ0) is 20.9. The van der Waals surface area contributed by atoms with E-state index in [0.717, 1.165) is 50.0 Å². The third-order valence-electron chi connectivity index (χ3n) is 6.89. The molecule has 6 nitrogen and oxygen atoms in total. The van der Waals surface area contributed by atoms with Crippen LogP contribution in [0, 0.1) is 12.3 Å². The van der Waals surface area contributed by atoms with Crippen LogP contribution in [-0.2, 0) is 17.7 Å². The highest BCUT2D eigenvalue weighted by Gasteiger charge is 2.52. The first kappa shape index (κ1) is 20.5. The molecule has 2 aliphatic rings. The van der Waals surface area contributed by atoms with Crippen LogP contribution in [0.2, 0.25) is 0 Å². The predicted octanol–water partition coefficient (Wildman–Crippen LogP) is 3.77. The molecule has 0 bridgehead atoms. The fourth-order valence-electron chi connectivity index (χ4n) is 4.92. The van der Waals surface area contributed by atoms with E-state index >= 15 is 0 Å². The Balaban J connectivity index is 1.68. The van der Waals surface area contributed by atoms with Crippen LogP contribution in [0.4, 0.5) is 0 Å². The summed E-state index contributed by atoms with van der Waals surface area (Å²) in [6, 6.07) is 0.127. The van der Waals surface area contributed by atoms with Crippen molar-refractivity contribution in [3.05, 3.63) is 26.6 Å². The largest absolute Gasteiger partial charge is 0.378 e. The monoisotopic (exact) mass is 417 g/mol. The summed E-state index contributed by atoms with van der Waals surface area (Å²) in [6.45, 7) is 9.63. The molecule has 1 aliphatic carbocycles. The number of carbonyl (C=O) groups excluding carboxylic acids is 1. The number of aryl methyl sites for hydroxylation is 2. The van der Waals surface area contributed by atoms with Gasteiger partial charge in [0, 0.05) is 38.1 Å². The van der Waals surface area contributed by atoms with Crippen LogP contribution in [0.25, 0.3) is 10.2 Å². The van der Waals surface area contributed by atoms with Crippen molar-refractivity contribution in [2.24, 2.45) is 5.41 Å². The van der Waals surface area contributed by atoms with E-state index in [-0.39, 0.29) is 29.0 Å². The van der Waals surface area contributed by atoms with Gasteiger partial charge in [-0.1, -0.05) is 20.3 Å². The first-order valence-corrected chi connectivity index (χ1v) is 11.5. The Morgan fingerprint density at radius 1 is 1.34 bits per heavy atom. The SMILES string of the molecule is CCO[C@@H]1C[C@@H](N(C)C(=O)c2sc3nc4n(c(=O)c3c2C)CCCCC4)C1(C)C. The van der Waals surface area contributed by atoms with Gasteiger partial charge >= 0.3 is 0 Å². The Bertz CT molecular complexity index is 1010. The highest BCUT2D eigenvalue weighted by atomic mass is 32.1. The number of ether oxygens (including phenoxy) is 1. The van der Waals surface area contributed by atoms with Gasteiger partial charge in [-0.25, -0.2) is 4.98 Å². The quantitative estimate of drug-likeness (QED) is 0.760. The smallest absolute Gasteiger partial charge is 0.264 e. The number of hydrogen-bond donors (Lipinski definition) is 0. The van der Waals surface area contributed by atoms with Gasteiger partial charge in [-0.05, 0) is 38.7 Å². The molecule has 3 heterocycles. The summed E-state index contributed by atoms with van der Waals surface area (Å²) in [5, 5.41) is 0.623. The van der Waals surface area contributed by atoms with Gasteiger partial charge < -0.3 is 9.64 Å². The molecule has 0 aromatic carbocycles. The summed E-state index contributed by atoms with van der Waals surface area (Å²) in [4.78, 5) is 34.5. The second kappa shape index (κ2) is 7.51. The molecule has 0 N–H and O–H groups in total. The van der Waals surface area contributed by atoms with E-state index in [1.54, 1.807) is 0 Å². The third kappa shape index (κ3) is 3.22. The number of carbonyl (C=O) groups is 1. The maximum absolute atomic E-state index is 13.4. The lowest BCUT2D eigenvalue weighted by atomic mass is 9.63. The van der Waals surface area contributed by atoms with Crippen LogP contribution in [-0.4, -0.2) is 46.2 Å². The van der Waals surface area contributed by atoms with Crippen LogP contribution < -0.4 is 5.56 Å². The van der Waals surface area contributed by atoms with Gasteiger partial charge in [0.2, 0.25) is 0 Å². The number of rotatable bonds is 4. The summed E-state index contributed by atoms with van der Waals surface area (Å²) in [6.07, 6.45) is 5.06. The predicted molar refractivity (Wildman–Crippen MR) is 116 cm³/mol. The standard InChI is InChI=1S/C22H31N3O3S/c1-6-28-15-12-14(22(15,3)4)24(5)21(27)18-13(2)17-19(29-18)23-16-10-8-7-9-11-25(16)20(17)26/h14-15H,6-12H2,1-5H3/t14-,15-/m1/s1. The zero-order valence-corrected chi connectivity index (χ0v) is 18.9. The Morgan fingerprint density at radius 3 is 2.79 bits per heavy atom. The van der Waals surface area contributed by atoms with Gasteiger partial charge in [0.15, 0.2) is 0 Å². The fraction of sp³-hybridized carbons (Fsp3) is 0.682. The van der Waals surface area contributed by atoms with E-state index in [1.165, 1.54) is 11.3 Å². The van der Waals surface area contributed by atoms with Crippen molar-refractivity contribution in [3.63, 3.8) is 0 Å². The Hall–Kier alpha value is -1.73. The number of nitrogens with zero attached hydrogens (tertiary/aromatic N) is 3. The van der Waals surface area contributed by atoms with Crippen molar-refractivity contribution in [3.8, 4) is 0 Å². The van der Waals surface area contributed by atoms with Crippen molar-refractivity contribution in [1.82, 2.24) is 14.5 Å². The van der Waals surface area contributed by atoms with Gasteiger partial charge in [0.1, 0.15) is 10.7 Å². The van der Waals surface area contributed by atoms with Gasteiger partial charge in [0.05, 0.1) is 16.4 Å². The van der Waals surface area contributed by atoms with Crippen LogP contribution in [0.1, 0.15) is 67.5 Å². The normalized spacial score (nSPS) is 23.3. The van der Waals surface area contributed by atoms with Crippen molar-refractivity contribution in [2.75, 3.05) is 13.7 Å². The second-order valence-electron chi connectivity index (χ2n) is 8.96. The van der Waals surface area contributed by atoms with E-state index in [9.17, 15) is 9.59 Å². The molecule has 2 atom stereocenters. The highest BCUT2D eigenvalue weighted by Crippen LogP contribution is 2.46. The Morgan fingerprint density at radius 2 is 2.10 bits per heavy atom. The molecule has 0 unspecified atom stereocenters. The lowest BCUT2D eigenvalue weighted by Gasteiger charge is -2.54. The topological polar surface area (TPSA) is 64.4 Å². The van der Waals surface area contributed by atoms with Crippen LogP contribution in [0.5, 0.6) is 0 Å². The van der Waals surface area contributed by atoms with E-state index in [1.807, 2.05) is 30.4 Å². The molecule has 0 spiro atoms. The average Bonchev–Trinajstić information content (AvgIpc) is 2.85. The fourth-order valence-corrected chi connectivity index (χ4v) is 6.09. The summed E-state index contributed by atoms with van der Waals surface area (Å²) in [5.41, 5.74) is 0.709. The van der Waals surface area contributed by atoms with E-state index in [2.05, 4.69) is 13.8 Å². The molecule has 158 valence electrons. The van der Waals surface area contributed by atoms with Crippen molar-refractivity contribution < 1.29 is 9.53 Å². The number of amides is 1. The first-order valence-electron chi connectivity index (χ1n) is 10.7. The van der Waals surface area contributed by atoms with E-state index < -0.39 is 0 Å². The summed E-state index contributed by atoms with van der Waals surface area (Å²) in [5.74, 6) is 0.853. The number of thiophene rings is 1. The van der Waals surface area contributed by atoms with Gasteiger partial charge in [0.25, 0.3) is 11.5 Å². The molecule has 4 rings (SSSR count). The summed E-state index contributed by atoms with van der Waals surface area (Å²) in [7, 11) is 1.87. The maximum Gasteiger partial charge on any atom is 0.264 e. The molecular formula is C22H31N3O3S. The molecule has 1 aliphatic heterocycles. The second-order valence-corrected chi connectivity index (χ2v) is 9.96. The average molecular weight is 418 g/mol. The minimum Gasteiger partial charge on any atom is -0.378 e. The maximum atomic E-state index is 13.4. The third-order valence-corrected chi connectivity index (χ3v) is 8.06. The van der Waals surface area contributed by atoms with Crippen molar-refractivity contribution >= 4 is 27.5 Å². The highest BCUT2D eigenvalue weighted by molar-refractivity contribution is 7.20. The minimum absolute atomic E-state index is 0.0156. The lowest BCUT2D eigenvalue weighted by molar-refractivity contribution is -0.136. The number of fused-ring (bicyclic) bond motifs is 2. The molecule has 7 heteroatoms. The van der Waals surface area contributed by atoms with Gasteiger partial charge in [-0.2, -0.15) is 0 Å². The summed E-state index contributed by atoms with van der Waals surface area (Å²) >= 11 is 1.37. The van der Waals surface area contributed by atoms with Crippen molar-refractivity contribution in [2.45, 2.75) is 78.5 Å². The molecule has 2 aromatic heterocycles. The molecule has 0 radical (unpaired) electrons. The van der Waals surface area contributed by atoms with Gasteiger partial charge in [-0.15, -0.1) is 11.3 Å². The molecule has 1 saturated carbocycles. The minimum atomic E-state index is -0.0832. The molecule has 1 amide bonds. The van der Waals surface area contributed by atoms with E-state index in [0.29, 0.717) is 21.7 Å². The van der Waals surface area contributed by atoms with Crippen LogP contribution in [0.15, 0.2) is 4.79 Å². The van der Waals surface area contributed by atoms with E-state index in [4.69, 9.17) is 9.72 Å². The molecular weight excluding hydrogens is 386 g/mol. The molecule has 1 fully saturated rings. The zero-order valence-electron chi connectivity index (χ0n) is 18.1. The number of hydrogen-bond acceptors (Lipinski definition) is 5. The first-order chi connectivity index (χ1) is 13.8. The van der Waals surface area contributed by atoms with Crippen LogP contribution >= 0.6 is 11.3 Å². The Labute approximate surface area is 175 Å². The number of aromatic nitrogens is 2. The lowest BCUT2D eigenvalue weighted by Crippen LogP contribution is -2.62. The van der Waals surface area contributed by atoms with Crippen LogP contribution in [0.3, 0.4) is 0 Å². The summed E-state index contributed by atoms with van der Waals surface area (Å²) < 4.78 is 7.65. The van der Waals surface area contributed by atoms with Gasteiger partial charge in [-0.3, -0.25) is 14.2 Å².